The molecule has 0 unspecified atom stereocenters. The normalized spacial score (nSPS) is 9.68. The Labute approximate surface area is 125 Å². The summed E-state index contributed by atoms with van der Waals surface area (Å²) in [6, 6.07) is 22.3. The van der Waals surface area contributed by atoms with Crippen molar-refractivity contribution < 1.29 is 20.1 Å². The van der Waals surface area contributed by atoms with Crippen LogP contribution in [0.5, 0.6) is 0 Å². The molecule has 1 radical (unpaired) electrons. The van der Waals surface area contributed by atoms with Crippen molar-refractivity contribution in [2.45, 2.75) is 0 Å². The van der Waals surface area contributed by atoms with Crippen LogP contribution in [0.2, 0.25) is 0 Å². The minimum atomic E-state index is 0. The van der Waals surface area contributed by atoms with E-state index in [2.05, 4.69) is 34.2 Å². The average molecular weight is 425 g/mol. The summed E-state index contributed by atoms with van der Waals surface area (Å²) in [6.45, 7) is 0. The van der Waals surface area contributed by atoms with Crippen LogP contribution in [0.1, 0.15) is 0 Å². The molecule has 1 aromatic heterocycles. The third-order valence-electron chi connectivity index (χ3n) is 2.81. The van der Waals surface area contributed by atoms with E-state index in [9.17, 15) is 0 Å². The molecule has 0 saturated heterocycles. The Morgan fingerprint density at radius 2 is 1.00 bits per heavy atom. The van der Waals surface area contributed by atoms with E-state index in [0.717, 1.165) is 22.5 Å². The number of benzene rings is 2. The van der Waals surface area contributed by atoms with Crippen LogP contribution in [-0.2, 0) is 20.1 Å². The molecule has 19 heavy (non-hydrogen) atoms. The smallest absolute Gasteiger partial charge is 0.116 e. The van der Waals surface area contributed by atoms with Gasteiger partial charge in [-0.25, -0.2) is 9.97 Å². The molecule has 0 saturated carbocycles. The number of nitrogens with zero attached hydrogens (tertiary/aromatic N) is 2. The van der Waals surface area contributed by atoms with Crippen LogP contribution in [0.25, 0.3) is 22.5 Å². The molecule has 0 fully saturated rings. The number of rotatable bonds is 2. The summed E-state index contributed by atoms with van der Waals surface area (Å²) in [5, 5.41) is 0. The van der Waals surface area contributed by atoms with Gasteiger partial charge in [0, 0.05) is 31.2 Å². The van der Waals surface area contributed by atoms with Gasteiger partial charge < -0.3 is 0 Å². The van der Waals surface area contributed by atoms with Crippen molar-refractivity contribution in [3.8, 4) is 22.5 Å². The van der Waals surface area contributed by atoms with Crippen molar-refractivity contribution >= 4 is 0 Å². The maximum Gasteiger partial charge on any atom is 0.116 e. The Kier molecular flexibility index (Phi) is 4.56. The van der Waals surface area contributed by atoms with Crippen molar-refractivity contribution in [3.63, 3.8) is 0 Å². The van der Waals surface area contributed by atoms with Gasteiger partial charge in [-0.2, -0.15) is 0 Å². The second-order valence-corrected chi connectivity index (χ2v) is 4.02. The third kappa shape index (κ3) is 3.14. The van der Waals surface area contributed by atoms with Gasteiger partial charge in [-0.15, -0.1) is 0 Å². The van der Waals surface area contributed by atoms with Crippen molar-refractivity contribution in [1.29, 1.82) is 0 Å². The van der Waals surface area contributed by atoms with Crippen LogP contribution >= 0.6 is 0 Å². The first-order valence-electron chi connectivity index (χ1n) is 5.86. The van der Waals surface area contributed by atoms with E-state index in [0.29, 0.717) is 0 Å². The number of hydrogen-bond acceptors (Lipinski definition) is 2. The second-order valence-electron chi connectivity index (χ2n) is 4.02. The van der Waals surface area contributed by atoms with E-state index < -0.39 is 0 Å². The van der Waals surface area contributed by atoms with Crippen molar-refractivity contribution in [2.24, 2.45) is 0 Å². The van der Waals surface area contributed by atoms with E-state index in [1.807, 2.05) is 42.5 Å². The standard InChI is InChI=1S/C16H12N2.Ir/c1-3-7-13(8-4-1)15-11-16(18-12-17-15)14-9-5-2-6-10-14;/h1-12H;. The van der Waals surface area contributed by atoms with E-state index in [1.165, 1.54) is 0 Å². The van der Waals surface area contributed by atoms with Gasteiger partial charge in [0.1, 0.15) is 6.33 Å². The van der Waals surface area contributed by atoms with Crippen LogP contribution < -0.4 is 0 Å². The summed E-state index contributed by atoms with van der Waals surface area (Å²) in [4.78, 5) is 8.65. The molecule has 1 heterocycles. The number of aromatic nitrogens is 2. The van der Waals surface area contributed by atoms with Crippen molar-refractivity contribution in [2.75, 3.05) is 0 Å². The Balaban J connectivity index is 0.00000133. The van der Waals surface area contributed by atoms with Crippen LogP contribution in [0.15, 0.2) is 73.1 Å². The van der Waals surface area contributed by atoms with Crippen LogP contribution in [0.4, 0.5) is 0 Å². The van der Waals surface area contributed by atoms with E-state index in [-0.39, 0.29) is 20.1 Å². The molecule has 3 rings (SSSR count). The van der Waals surface area contributed by atoms with Gasteiger partial charge in [0.25, 0.3) is 0 Å². The average Bonchev–Trinajstić information content (AvgIpc) is 2.49. The largest absolute Gasteiger partial charge is 0.236 e. The molecule has 0 spiro atoms. The molecule has 0 N–H and O–H groups in total. The summed E-state index contributed by atoms with van der Waals surface area (Å²) < 4.78 is 0. The fourth-order valence-electron chi connectivity index (χ4n) is 1.89. The molecule has 0 amide bonds. The molecular weight excluding hydrogens is 412 g/mol. The maximum atomic E-state index is 4.32. The predicted molar refractivity (Wildman–Crippen MR) is 72.9 cm³/mol. The molecule has 0 bridgehead atoms. The molecule has 3 heteroatoms. The van der Waals surface area contributed by atoms with Gasteiger partial charge in [-0.1, -0.05) is 60.7 Å². The molecule has 0 aliphatic rings. The van der Waals surface area contributed by atoms with Crippen molar-refractivity contribution in [3.05, 3.63) is 73.1 Å². The Morgan fingerprint density at radius 3 is 1.42 bits per heavy atom. The first kappa shape index (κ1) is 13.6. The molecule has 0 aliphatic carbocycles. The van der Waals surface area contributed by atoms with E-state index in [1.54, 1.807) is 6.33 Å². The second kappa shape index (κ2) is 6.37. The molecule has 0 aliphatic heterocycles. The molecule has 0 atom stereocenters. The van der Waals surface area contributed by atoms with Gasteiger partial charge in [0.05, 0.1) is 11.4 Å². The Bertz CT molecular complexity index is 584. The summed E-state index contributed by atoms with van der Waals surface area (Å²) in [7, 11) is 0. The zero-order valence-corrected chi connectivity index (χ0v) is 12.6. The minimum Gasteiger partial charge on any atom is -0.236 e. The van der Waals surface area contributed by atoms with Gasteiger partial charge in [-0.3, -0.25) is 0 Å². The van der Waals surface area contributed by atoms with Gasteiger partial charge in [0.15, 0.2) is 0 Å². The fraction of sp³-hybridized carbons (Fsp3) is 0. The zero-order chi connectivity index (χ0) is 12.2. The van der Waals surface area contributed by atoms with Crippen LogP contribution in [-0.4, -0.2) is 9.97 Å². The molecule has 2 aromatic carbocycles. The molecular formula is C16H12IrN2. The zero-order valence-electron chi connectivity index (χ0n) is 10.2. The molecule has 2 nitrogen and oxygen atoms in total. The monoisotopic (exact) mass is 425 g/mol. The quantitative estimate of drug-likeness (QED) is 0.625. The Hall–Kier alpha value is -1.83. The number of hydrogen-bond donors (Lipinski definition) is 0. The SMILES string of the molecule is [Ir].c1ccc(-c2cc(-c3ccccc3)ncn2)cc1. The first-order chi connectivity index (χ1) is 8.93. The van der Waals surface area contributed by atoms with Gasteiger partial charge in [0.2, 0.25) is 0 Å². The molecule has 3 aromatic rings. The van der Waals surface area contributed by atoms with Gasteiger partial charge >= 0.3 is 0 Å². The fourth-order valence-corrected chi connectivity index (χ4v) is 1.89. The topological polar surface area (TPSA) is 25.8 Å². The third-order valence-corrected chi connectivity index (χ3v) is 2.81. The first-order valence-corrected chi connectivity index (χ1v) is 5.86. The Morgan fingerprint density at radius 1 is 0.579 bits per heavy atom. The molecule has 95 valence electrons. The van der Waals surface area contributed by atoms with Crippen LogP contribution in [0.3, 0.4) is 0 Å². The summed E-state index contributed by atoms with van der Waals surface area (Å²) >= 11 is 0. The minimum absolute atomic E-state index is 0. The summed E-state index contributed by atoms with van der Waals surface area (Å²) in [6.07, 6.45) is 1.62. The summed E-state index contributed by atoms with van der Waals surface area (Å²) in [5.74, 6) is 0. The van der Waals surface area contributed by atoms with E-state index in [4.69, 9.17) is 0 Å². The maximum absolute atomic E-state index is 4.32. The predicted octanol–water partition coefficient (Wildman–Crippen LogP) is 3.81. The summed E-state index contributed by atoms with van der Waals surface area (Å²) in [5.41, 5.74) is 4.11. The van der Waals surface area contributed by atoms with Crippen molar-refractivity contribution in [1.82, 2.24) is 9.97 Å². The van der Waals surface area contributed by atoms with Crippen LogP contribution in [0, 0.1) is 0 Å². The van der Waals surface area contributed by atoms with Gasteiger partial charge in [-0.05, 0) is 6.07 Å². The van der Waals surface area contributed by atoms with E-state index >= 15 is 0 Å².